The lowest BCUT2D eigenvalue weighted by Crippen LogP contribution is -2.07. The predicted molar refractivity (Wildman–Crippen MR) is 74.2 cm³/mol. The Morgan fingerprint density at radius 3 is 2.33 bits per heavy atom. The van der Waals surface area contributed by atoms with Gasteiger partial charge in [0.2, 0.25) is 0 Å². The summed E-state index contributed by atoms with van der Waals surface area (Å²) in [7, 11) is 2.86. The van der Waals surface area contributed by atoms with Gasteiger partial charge in [0, 0.05) is 7.11 Å². The third-order valence-electron chi connectivity index (χ3n) is 2.06. The van der Waals surface area contributed by atoms with E-state index >= 15 is 0 Å². The van der Waals surface area contributed by atoms with Crippen LogP contribution in [-0.4, -0.2) is 33.6 Å². The van der Waals surface area contributed by atoms with Crippen LogP contribution < -0.4 is 9.47 Å². The summed E-state index contributed by atoms with van der Waals surface area (Å²) >= 11 is 2.10. The number of halogens is 1. The van der Waals surface area contributed by atoms with E-state index in [-0.39, 0.29) is 6.79 Å². The van der Waals surface area contributed by atoms with Gasteiger partial charge in [-0.1, -0.05) is 0 Å². The number of hydrogen-bond acceptors (Lipinski definition) is 5. The molecule has 0 saturated heterocycles. The van der Waals surface area contributed by atoms with E-state index in [4.69, 9.17) is 14.2 Å². The zero-order valence-electron chi connectivity index (χ0n) is 10.5. The molecule has 0 fully saturated rings. The van der Waals surface area contributed by atoms with E-state index in [1.807, 2.05) is 6.92 Å². The van der Waals surface area contributed by atoms with Gasteiger partial charge in [0.05, 0.1) is 22.9 Å². The zero-order chi connectivity index (χ0) is 13.5. The maximum atomic E-state index is 11.5. The highest BCUT2D eigenvalue weighted by molar-refractivity contribution is 14.1. The Morgan fingerprint density at radius 1 is 1.22 bits per heavy atom. The molecule has 0 amide bonds. The smallest absolute Gasteiger partial charge is 0.338 e. The molecular formula is C12H15IO5. The second-order valence-corrected chi connectivity index (χ2v) is 4.34. The molecule has 0 aliphatic carbocycles. The average molecular weight is 366 g/mol. The molecule has 0 spiro atoms. The topological polar surface area (TPSA) is 54.0 Å². The fourth-order valence-electron chi connectivity index (χ4n) is 1.30. The van der Waals surface area contributed by atoms with Gasteiger partial charge in [0.25, 0.3) is 0 Å². The summed E-state index contributed by atoms with van der Waals surface area (Å²) in [6, 6.07) is 3.24. The van der Waals surface area contributed by atoms with Crippen LogP contribution in [0.3, 0.4) is 0 Å². The number of rotatable bonds is 6. The molecule has 0 atom stereocenters. The molecule has 1 aromatic carbocycles. The first-order valence-electron chi connectivity index (χ1n) is 5.30. The number of methoxy groups -OCH3 is 2. The molecule has 1 aromatic rings. The van der Waals surface area contributed by atoms with Gasteiger partial charge in [-0.2, -0.15) is 0 Å². The van der Waals surface area contributed by atoms with E-state index in [9.17, 15) is 4.79 Å². The molecule has 5 nitrogen and oxygen atoms in total. The molecule has 0 saturated carbocycles. The maximum absolute atomic E-state index is 11.5. The highest BCUT2D eigenvalue weighted by atomic mass is 127. The van der Waals surface area contributed by atoms with Gasteiger partial charge in [0.1, 0.15) is 11.5 Å². The highest BCUT2D eigenvalue weighted by Gasteiger charge is 2.15. The van der Waals surface area contributed by atoms with Gasteiger partial charge in [-0.25, -0.2) is 4.79 Å². The van der Waals surface area contributed by atoms with Gasteiger partial charge in [-0.05, 0) is 41.6 Å². The van der Waals surface area contributed by atoms with Crippen molar-refractivity contribution in [2.24, 2.45) is 0 Å². The van der Waals surface area contributed by atoms with Gasteiger partial charge >= 0.3 is 5.97 Å². The summed E-state index contributed by atoms with van der Waals surface area (Å²) in [6.07, 6.45) is 0. The second-order valence-electron chi connectivity index (χ2n) is 3.26. The molecule has 18 heavy (non-hydrogen) atoms. The van der Waals surface area contributed by atoms with Crippen LogP contribution >= 0.6 is 22.6 Å². The first-order valence-corrected chi connectivity index (χ1v) is 6.38. The SMILES string of the molecule is CCOc1cc(C(=O)OC)cc(OCOC)c1I. The quantitative estimate of drug-likeness (QED) is 0.440. The summed E-state index contributed by atoms with van der Waals surface area (Å²) in [5.74, 6) is 0.686. The fraction of sp³-hybridized carbons (Fsp3) is 0.417. The number of benzene rings is 1. The highest BCUT2D eigenvalue weighted by Crippen LogP contribution is 2.32. The van der Waals surface area contributed by atoms with E-state index in [0.717, 1.165) is 3.57 Å². The Bertz CT molecular complexity index is 419. The number of hydrogen-bond donors (Lipinski definition) is 0. The first-order chi connectivity index (χ1) is 8.63. The van der Waals surface area contributed by atoms with Crippen LogP contribution in [0.15, 0.2) is 12.1 Å². The van der Waals surface area contributed by atoms with Gasteiger partial charge < -0.3 is 18.9 Å². The first kappa shape index (κ1) is 15.0. The summed E-state index contributed by atoms with van der Waals surface area (Å²) in [4.78, 5) is 11.5. The minimum Gasteiger partial charge on any atom is -0.493 e. The van der Waals surface area contributed by atoms with Gasteiger partial charge in [-0.15, -0.1) is 0 Å². The van der Waals surface area contributed by atoms with Crippen molar-refractivity contribution in [3.63, 3.8) is 0 Å². The minimum atomic E-state index is -0.436. The molecule has 0 aromatic heterocycles. The lowest BCUT2D eigenvalue weighted by atomic mass is 10.2. The van der Waals surface area contributed by atoms with E-state index in [1.165, 1.54) is 14.2 Å². The number of ether oxygens (including phenoxy) is 4. The number of carbonyl (C=O) groups is 1. The van der Waals surface area contributed by atoms with Crippen molar-refractivity contribution >= 4 is 28.6 Å². The van der Waals surface area contributed by atoms with Crippen molar-refractivity contribution in [1.82, 2.24) is 0 Å². The van der Waals surface area contributed by atoms with Crippen molar-refractivity contribution in [3.05, 3.63) is 21.3 Å². The molecule has 0 heterocycles. The lowest BCUT2D eigenvalue weighted by molar-refractivity contribution is 0.0495. The Morgan fingerprint density at radius 2 is 1.83 bits per heavy atom. The molecule has 1 rings (SSSR count). The van der Waals surface area contributed by atoms with Crippen LogP contribution in [0.4, 0.5) is 0 Å². The summed E-state index contributed by atoms with van der Waals surface area (Å²) < 4.78 is 21.2. The van der Waals surface area contributed by atoms with E-state index in [1.54, 1.807) is 12.1 Å². The average Bonchev–Trinajstić information content (AvgIpc) is 2.39. The Labute approximate surface area is 119 Å². The number of carbonyl (C=O) groups excluding carboxylic acids is 1. The fourth-order valence-corrected chi connectivity index (χ4v) is 1.92. The standard InChI is InChI=1S/C12H15IO5/c1-4-17-9-5-8(12(14)16-3)6-10(11(9)13)18-7-15-2/h5-6H,4,7H2,1-3H3. The van der Waals surface area contributed by atoms with Crippen LogP contribution in [0.25, 0.3) is 0 Å². The van der Waals surface area contributed by atoms with Crippen LogP contribution in [-0.2, 0) is 9.47 Å². The largest absolute Gasteiger partial charge is 0.493 e. The maximum Gasteiger partial charge on any atom is 0.338 e. The lowest BCUT2D eigenvalue weighted by Gasteiger charge is -2.13. The zero-order valence-corrected chi connectivity index (χ0v) is 12.6. The monoisotopic (exact) mass is 366 g/mol. The number of esters is 1. The third-order valence-corrected chi connectivity index (χ3v) is 3.12. The Balaban J connectivity index is 3.14. The van der Waals surface area contributed by atoms with E-state index in [0.29, 0.717) is 23.7 Å². The Kier molecular flexibility index (Phi) is 6.20. The molecule has 0 unspecified atom stereocenters. The van der Waals surface area contributed by atoms with E-state index in [2.05, 4.69) is 27.3 Å². The molecule has 6 heteroatoms. The molecule has 0 N–H and O–H groups in total. The molecule has 100 valence electrons. The van der Waals surface area contributed by atoms with Crippen LogP contribution in [0, 0.1) is 3.57 Å². The Hall–Kier alpha value is -1.02. The normalized spacial score (nSPS) is 10.0. The van der Waals surface area contributed by atoms with Gasteiger partial charge in [0.15, 0.2) is 6.79 Å². The molecular weight excluding hydrogens is 351 g/mol. The van der Waals surface area contributed by atoms with Crippen molar-refractivity contribution < 1.29 is 23.7 Å². The predicted octanol–water partition coefficient (Wildman–Crippen LogP) is 2.46. The van der Waals surface area contributed by atoms with Crippen molar-refractivity contribution in [1.29, 1.82) is 0 Å². The minimum absolute atomic E-state index is 0.103. The molecule has 0 aliphatic rings. The molecule has 0 bridgehead atoms. The summed E-state index contributed by atoms with van der Waals surface area (Å²) in [5.41, 5.74) is 0.382. The second kappa shape index (κ2) is 7.42. The van der Waals surface area contributed by atoms with Crippen molar-refractivity contribution in [3.8, 4) is 11.5 Å². The molecule has 0 radical (unpaired) electrons. The van der Waals surface area contributed by atoms with E-state index < -0.39 is 5.97 Å². The summed E-state index contributed by atoms with van der Waals surface area (Å²) in [6.45, 7) is 2.48. The summed E-state index contributed by atoms with van der Waals surface area (Å²) in [5, 5.41) is 0. The van der Waals surface area contributed by atoms with Crippen LogP contribution in [0.5, 0.6) is 11.5 Å². The van der Waals surface area contributed by atoms with Crippen molar-refractivity contribution in [2.75, 3.05) is 27.6 Å². The van der Waals surface area contributed by atoms with Crippen LogP contribution in [0.2, 0.25) is 0 Å². The molecule has 0 aliphatic heterocycles. The van der Waals surface area contributed by atoms with Crippen molar-refractivity contribution in [2.45, 2.75) is 6.92 Å². The van der Waals surface area contributed by atoms with Gasteiger partial charge in [-0.3, -0.25) is 0 Å². The van der Waals surface area contributed by atoms with Crippen LogP contribution in [0.1, 0.15) is 17.3 Å². The third kappa shape index (κ3) is 3.74.